The molecule has 0 amide bonds. The third-order valence-electron chi connectivity index (χ3n) is 3.05. The number of H-pyrrole nitrogens is 1. The first-order valence-corrected chi connectivity index (χ1v) is 5.71. The van der Waals surface area contributed by atoms with E-state index in [0.29, 0.717) is 22.8 Å². The molecule has 4 heteroatoms. The van der Waals surface area contributed by atoms with Crippen LogP contribution in [0.5, 0.6) is 0 Å². The Morgan fingerprint density at radius 3 is 2.72 bits per heavy atom. The summed E-state index contributed by atoms with van der Waals surface area (Å²) in [6.45, 7) is 3.57. The van der Waals surface area contributed by atoms with Gasteiger partial charge < -0.3 is 9.40 Å². The normalized spacial score (nSPS) is 11.0. The maximum atomic E-state index is 11.7. The van der Waals surface area contributed by atoms with Gasteiger partial charge in [0.1, 0.15) is 5.58 Å². The molecule has 0 saturated heterocycles. The van der Waals surface area contributed by atoms with Crippen molar-refractivity contribution < 1.29 is 4.42 Å². The number of benzene rings is 1. The lowest BCUT2D eigenvalue weighted by Crippen LogP contribution is -2.14. The zero-order valence-electron chi connectivity index (χ0n) is 10.2. The van der Waals surface area contributed by atoms with Gasteiger partial charge >= 0.3 is 0 Å². The highest BCUT2D eigenvalue weighted by Gasteiger charge is 2.10. The number of aromatic nitrogens is 2. The minimum atomic E-state index is -0.127. The number of fused-ring (bicyclic) bond motifs is 1. The molecule has 0 bridgehead atoms. The van der Waals surface area contributed by atoms with Crippen molar-refractivity contribution in [2.75, 3.05) is 0 Å². The molecule has 3 aromatic rings. The van der Waals surface area contributed by atoms with Gasteiger partial charge in [0.25, 0.3) is 5.56 Å². The summed E-state index contributed by atoms with van der Waals surface area (Å²) < 4.78 is 5.67. The Labute approximate surface area is 103 Å². The van der Waals surface area contributed by atoms with Crippen LogP contribution in [0, 0.1) is 13.8 Å². The fraction of sp³-hybridized carbons (Fsp3) is 0.143. The molecule has 0 radical (unpaired) electrons. The van der Waals surface area contributed by atoms with E-state index in [1.54, 1.807) is 6.92 Å². The lowest BCUT2D eigenvalue weighted by atomic mass is 10.2. The van der Waals surface area contributed by atoms with Gasteiger partial charge in [-0.15, -0.1) is 0 Å². The molecule has 1 N–H and O–H groups in total. The first-order chi connectivity index (χ1) is 8.65. The standard InChI is InChI=1S/C14H12N2O2/c1-8-9(2)15-13(16-14(8)17)12-7-10-5-3-4-6-11(10)18-12/h3-7H,1-2H3,(H,15,16,17). The monoisotopic (exact) mass is 240 g/mol. The number of rotatable bonds is 1. The number of hydrogen-bond donors (Lipinski definition) is 1. The van der Waals surface area contributed by atoms with Gasteiger partial charge in [0.2, 0.25) is 0 Å². The summed E-state index contributed by atoms with van der Waals surface area (Å²) in [7, 11) is 0. The smallest absolute Gasteiger partial charge is 0.254 e. The maximum Gasteiger partial charge on any atom is 0.254 e. The van der Waals surface area contributed by atoms with Crippen LogP contribution in [0.25, 0.3) is 22.6 Å². The van der Waals surface area contributed by atoms with E-state index in [0.717, 1.165) is 11.0 Å². The van der Waals surface area contributed by atoms with Crippen LogP contribution in [0.3, 0.4) is 0 Å². The van der Waals surface area contributed by atoms with Crippen molar-refractivity contribution in [3.8, 4) is 11.6 Å². The van der Waals surface area contributed by atoms with Gasteiger partial charge in [-0.1, -0.05) is 18.2 Å². The Hall–Kier alpha value is -2.36. The maximum absolute atomic E-state index is 11.7. The Morgan fingerprint density at radius 2 is 2.00 bits per heavy atom. The van der Waals surface area contributed by atoms with E-state index in [9.17, 15) is 4.79 Å². The zero-order chi connectivity index (χ0) is 12.7. The molecule has 0 aliphatic rings. The zero-order valence-corrected chi connectivity index (χ0v) is 10.2. The number of para-hydroxylation sites is 1. The van der Waals surface area contributed by atoms with E-state index >= 15 is 0 Å². The molecule has 0 saturated carbocycles. The number of hydrogen-bond acceptors (Lipinski definition) is 3. The van der Waals surface area contributed by atoms with Gasteiger partial charge in [-0.25, -0.2) is 4.98 Å². The van der Waals surface area contributed by atoms with Crippen LogP contribution in [0.15, 0.2) is 39.5 Å². The van der Waals surface area contributed by atoms with Gasteiger partial charge in [-0.3, -0.25) is 4.79 Å². The van der Waals surface area contributed by atoms with Crippen LogP contribution in [0.2, 0.25) is 0 Å². The Morgan fingerprint density at radius 1 is 1.22 bits per heavy atom. The molecule has 1 aromatic carbocycles. The van der Waals surface area contributed by atoms with Crippen molar-refractivity contribution in [3.63, 3.8) is 0 Å². The Bertz CT molecular complexity index is 751. The third-order valence-corrected chi connectivity index (χ3v) is 3.05. The Kier molecular flexibility index (Phi) is 2.30. The van der Waals surface area contributed by atoms with Crippen LogP contribution < -0.4 is 5.56 Å². The lowest BCUT2D eigenvalue weighted by molar-refractivity contribution is 0.624. The summed E-state index contributed by atoms with van der Waals surface area (Å²) in [5, 5.41) is 0.994. The van der Waals surface area contributed by atoms with E-state index in [4.69, 9.17) is 4.42 Å². The van der Waals surface area contributed by atoms with Crippen molar-refractivity contribution in [3.05, 3.63) is 51.9 Å². The van der Waals surface area contributed by atoms with Crippen LogP contribution in [0.1, 0.15) is 11.3 Å². The van der Waals surface area contributed by atoms with Crippen LogP contribution in [-0.4, -0.2) is 9.97 Å². The molecule has 90 valence electrons. The second-order valence-corrected chi connectivity index (χ2v) is 4.27. The molecule has 0 aliphatic carbocycles. The average Bonchev–Trinajstić information content (AvgIpc) is 2.79. The molecule has 2 heterocycles. The van der Waals surface area contributed by atoms with Crippen LogP contribution in [-0.2, 0) is 0 Å². The highest BCUT2D eigenvalue weighted by Crippen LogP contribution is 2.24. The topological polar surface area (TPSA) is 58.9 Å². The van der Waals surface area contributed by atoms with Crippen LogP contribution in [0.4, 0.5) is 0 Å². The molecule has 0 fully saturated rings. The number of furan rings is 1. The van der Waals surface area contributed by atoms with Gasteiger partial charge in [-0.2, -0.15) is 0 Å². The summed E-state index contributed by atoms with van der Waals surface area (Å²) in [5.41, 5.74) is 2.01. The van der Waals surface area contributed by atoms with Gasteiger partial charge in [0.05, 0.1) is 0 Å². The summed E-state index contributed by atoms with van der Waals surface area (Å²) in [6.07, 6.45) is 0. The van der Waals surface area contributed by atoms with Crippen molar-refractivity contribution in [1.29, 1.82) is 0 Å². The minimum absolute atomic E-state index is 0.127. The number of aryl methyl sites for hydroxylation is 1. The summed E-state index contributed by atoms with van der Waals surface area (Å²) in [6, 6.07) is 9.58. The second-order valence-electron chi connectivity index (χ2n) is 4.27. The van der Waals surface area contributed by atoms with E-state index in [2.05, 4.69) is 9.97 Å². The summed E-state index contributed by atoms with van der Waals surface area (Å²) in [4.78, 5) is 18.8. The first-order valence-electron chi connectivity index (χ1n) is 5.71. The van der Waals surface area contributed by atoms with Gasteiger partial charge in [0.15, 0.2) is 11.6 Å². The largest absolute Gasteiger partial charge is 0.453 e. The SMILES string of the molecule is Cc1nc(-c2cc3ccccc3o2)[nH]c(=O)c1C. The second kappa shape index (κ2) is 3.84. The van der Waals surface area contributed by atoms with Crippen molar-refractivity contribution in [2.24, 2.45) is 0 Å². The minimum Gasteiger partial charge on any atom is -0.453 e. The fourth-order valence-corrected chi connectivity index (χ4v) is 1.86. The van der Waals surface area contributed by atoms with E-state index in [1.807, 2.05) is 37.3 Å². The summed E-state index contributed by atoms with van der Waals surface area (Å²) in [5.74, 6) is 1.05. The number of nitrogens with zero attached hydrogens (tertiary/aromatic N) is 1. The molecular weight excluding hydrogens is 228 g/mol. The molecule has 18 heavy (non-hydrogen) atoms. The predicted octanol–water partition coefficient (Wildman–Crippen LogP) is 2.80. The quantitative estimate of drug-likeness (QED) is 0.711. The molecule has 0 aliphatic heterocycles. The molecule has 3 rings (SSSR count). The summed E-state index contributed by atoms with van der Waals surface area (Å²) >= 11 is 0. The molecule has 2 aromatic heterocycles. The number of nitrogens with one attached hydrogen (secondary N) is 1. The van der Waals surface area contributed by atoms with Gasteiger partial charge in [0, 0.05) is 16.6 Å². The average molecular weight is 240 g/mol. The van der Waals surface area contributed by atoms with Crippen molar-refractivity contribution in [1.82, 2.24) is 9.97 Å². The highest BCUT2D eigenvalue weighted by molar-refractivity contribution is 5.81. The van der Waals surface area contributed by atoms with Crippen molar-refractivity contribution >= 4 is 11.0 Å². The molecular formula is C14H12N2O2. The molecule has 0 atom stereocenters. The Balaban J connectivity index is 2.23. The first kappa shape index (κ1) is 10.8. The third kappa shape index (κ3) is 1.62. The molecule has 0 spiro atoms. The molecule has 0 unspecified atom stereocenters. The highest BCUT2D eigenvalue weighted by atomic mass is 16.3. The number of aromatic amines is 1. The molecule has 4 nitrogen and oxygen atoms in total. The fourth-order valence-electron chi connectivity index (χ4n) is 1.86. The van der Waals surface area contributed by atoms with Crippen LogP contribution >= 0.6 is 0 Å². The predicted molar refractivity (Wildman–Crippen MR) is 69.5 cm³/mol. The van der Waals surface area contributed by atoms with E-state index in [1.165, 1.54) is 0 Å². The van der Waals surface area contributed by atoms with Gasteiger partial charge in [-0.05, 0) is 26.0 Å². The van der Waals surface area contributed by atoms with E-state index in [-0.39, 0.29) is 5.56 Å². The van der Waals surface area contributed by atoms with Crippen molar-refractivity contribution in [2.45, 2.75) is 13.8 Å². The lowest BCUT2D eigenvalue weighted by Gasteiger charge is -2.00. The van der Waals surface area contributed by atoms with E-state index < -0.39 is 0 Å².